The Labute approximate surface area is 137 Å². The summed E-state index contributed by atoms with van der Waals surface area (Å²) < 4.78 is 32.1. The van der Waals surface area contributed by atoms with E-state index in [9.17, 15) is 8.42 Å². The molecule has 11 heteroatoms. The van der Waals surface area contributed by atoms with Crippen LogP contribution in [0.15, 0.2) is 27.6 Å². The minimum Gasteiger partial charge on any atom is -0.360 e. The van der Waals surface area contributed by atoms with Crippen LogP contribution < -0.4 is 10.0 Å². The maximum absolute atomic E-state index is 12.4. The summed E-state index contributed by atoms with van der Waals surface area (Å²) in [6, 6.07) is 4.76. The van der Waals surface area contributed by atoms with E-state index in [-0.39, 0.29) is 10.7 Å². The van der Waals surface area contributed by atoms with Crippen LogP contribution in [0.5, 0.6) is 0 Å². The van der Waals surface area contributed by atoms with Crippen molar-refractivity contribution in [1.82, 2.24) is 25.6 Å². The van der Waals surface area contributed by atoms with Crippen LogP contribution in [0.2, 0.25) is 0 Å². The smallest absolute Gasteiger partial charge is 0.266 e. The standard InChI is InChI=1S/C13H15N7O3S/c1-7-6-12(19-23-7)14-10-4-5-11(18-17-10)20-24(21,22)13-8(2)15-16-9(13)3/h4-6H,1-3H3,(H,15,16)(H,18,20)(H,14,17,19). The van der Waals surface area contributed by atoms with E-state index in [1.807, 2.05) is 0 Å². The van der Waals surface area contributed by atoms with Gasteiger partial charge in [0.25, 0.3) is 10.0 Å². The average Bonchev–Trinajstić information content (AvgIpc) is 3.07. The van der Waals surface area contributed by atoms with E-state index in [4.69, 9.17) is 4.52 Å². The first kappa shape index (κ1) is 15.9. The molecule has 0 spiro atoms. The first-order chi connectivity index (χ1) is 11.3. The van der Waals surface area contributed by atoms with Gasteiger partial charge in [0.2, 0.25) is 0 Å². The van der Waals surface area contributed by atoms with E-state index in [0.29, 0.717) is 28.8 Å². The average molecular weight is 349 g/mol. The van der Waals surface area contributed by atoms with Gasteiger partial charge >= 0.3 is 0 Å². The van der Waals surface area contributed by atoms with Crippen LogP contribution in [0.25, 0.3) is 0 Å². The first-order valence-corrected chi connectivity index (χ1v) is 8.42. The van der Waals surface area contributed by atoms with Gasteiger partial charge in [-0.3, -0.25) is 9.82 Å². The van der Waals surface area contributed by atoms with Crippen molar-refractivity contribution >= 4 is 27.5 Å². The Morgan fingerprint density at radius 3 is 2.33 bits per heavy atom. The molecule has 0 aliphatic heterocycles. The van der Waals surface area contributed by atoms with E-state index >= 15 is 0 Å². The molecule has 0 unspecified atom stereocenters. The molecule has 0 saturated heterocycles. The van der Waals surface area contributed by atoms with Crippen molar-refractivity contribution < 1.29 is 12.9 Å². The molecule has 0 atom stereocenters. The minimum absolute atomic E-state index is 0.0943. The second kappa shape index (κ2) is 5.92. The highest BCUT2D eigenvalue weighted by molar-refractivity contribution is 7.92. The minimum atomic E-state index is -3.79. The van der Waals surface area contributed by atoms with Gasteiger partial charge in [-0.25, -0.2) is 8.42 Å². The van der Waals surface area contributed by atoms with Gasteiger partial charge in [-0.15, -0.1) is 10.2 Å². The van der Waals surface area contributed by atoms with Crippen LogP contribution >= 0.6 is 0 Å². The highest BCUT2D eigenvalue weighted by atomic mass is 32.2. The Balaban J connectivity index is 1.76. The monoisotopic (exact) mass is 349 g/mol. The van der Waals surface area contributed by atoms with Crippen LogP contribution in [0.4, 0.5) is 17.5 Å². The summed E-state index contributed by atoms with van der Waals surface area (Å²) in [6.45, 7) is 5.01. The number of sulfonamides is 1. The molecule has 0 aliphatic carbocycles. The molecule has 3 aromatic heterocycles. The highest BCUT2D eigenvalue weighted by Crippen LogP contribution is 2.20. The Hall–Kier alpha value is -2.95. The van der Waals surface area contributed by atoms with Gasteiger partial charge in [-0.2, -0.15) is 5.10 Å². The quantitative estimate of drug-likeness (QED) is 0.632. The lowest BCUT2D eigenvalue weighted by Gasteiger charge is -2.07. The molecule has 0 radical (unpaired) electrons. The number of nitrogens with one attached hydrogen (secondary N) is 3. The zero-order valence-electron chi connectivity index (χ0n) is 13.2. The van der Waals surface area contributed by atoms with Crippen molar-refractivity contribution in [3.05, 3.63) is 35.3 Å². The van der Waals surface area contributed by atoms with Crippen LogP contribution in [0.1, 0.15) is 17.1 Å². The molecular formula is C13H15N7O3S. The fourth-order valence-electron chi connectivity index (χ4n) is 2.14. The summed E-state index contributed by atoms with van der Waals surface area (Å²) >= 11 is 0. The molecule has 3 N–H and O–H groups in total. The molecule has 0 amide bonds. The van der Waals surface area contributed by atoms with Gasteiger partial charge < -0.3 is 9.84 Å². The summed E-state index contributed by atoms with van der Waals surface area (Å²) in [5.41, 5.74) is 0.834. The SMILES string of the molecule is Cc1cc(Nc2ccc(NS(=O)(=O)c3c(C)n[nH]c3C)nn2)no1. The molecule has 0 aliphatic rings. The number of nitrogens with zero attached hydrogens (tertiary/aromatic N) is 4. The molecule has 3 aromatic rings. The fraction of sp³-hybridized carbons (Fsp3) is 0.231. The topological polar surface area (TPSA) is 139 Å². The Morgan fingerprint density at radius 1 is 1.08 bits per heavy atom. The number of aromatic nitrogens is 5. The van der Waals surface area contributed by atoms with Crippen molar-refractivity contribution in [2.75, 3.05) is 10.0 Å². The highest BCUT2D eigenvalue weighted by Gasteiger charge is 2.22. The number of H-pyrrole nitrogens is 1. The summed E-state index contributed by atoms with van der Waals surface area (Å²) in [6.07, 6.45) is 0. The lowest BCUT2D eigenvalue weighted by Crippen LogP contribution is -2.16. The number of hydrogen-bond donors (Lipinski definition) is 3. The molecule has 0 aromatic carbocycles. The molecule has 3 heterocycles. The largest absolute Gasteiger partial charge is 0.360 e. The summed E-state index contributed by atoms with van der Waals surface area (Å²) in [4.78, 5) is 0.101. The lowest BCUT2D eigenvalue weighted by atomic mass is 10.4. The number of aryl methyl sites for hydroxylation is 3. The first-order valence-electron chi connectivity index (χ1n) is 6.93. The molecule has 0 fully saturated rings. The van der Waals surface area contributed by atoms with Crippen molar-refractivity contribution in [3.63, 3.8) is 0 Å². The molecule has 0 bridgehead atoms. The normalized spacial score (nSPS) is 11.5. The van der Waals surface area contributed by atoms with Crippen molar-refractivity contribution in [3.8, 4) is 0 Å². The van der Waals surface area contributed by atoms with Gasteiger partial charge in [0.1, 0.15) is 10.7 Å². The summed E-state index contributed by atoms with van der Waals surface area (Å²) in [7, 11) is -3.79. The van der Waals surface area contributed by atoms with Crippen molar-refractivity contribution in [2.24, 2.45) is 0 Å². The maximum atomic E-state index is 12.4. The van der Waals surface area contributed by atoms with Gasteiger partial charge in [0, 0.05) is 6.07 Å². The molecule has 0 saturated carbocycles. The molecule has 3 rings (SSSR count). The number of anilines is 3. The van der Waals surface area contributed by atoms with E-state index in [2.05, 4.69) is 35.6 Å². The van der Waals surface area contributed by atoms with Crippen molar-refractivity contribution in [2.45, 2.75) is 25.7 Å². The third-order valence-electron chi connectivity index (χ3n) is 3.12. The number of hydrogen-bond acceptors (Lipinski definition) is 8. The van der Waals surface area contributed by atoms with Gasteiger partial charge in [0.05, 0.1) is 11.4 Å². The summed E-state index contributed by atoms with van der Waals surface area (Å²) in [5, 5.41) is 20.9. The Kier molecular flexibility index (Phi) is 3.93. The van der Waals surface area contributed by atoms with E-state index in [0.717, 1.165) is 0 Å². The van der Waals surface area contributed by atoms with Crippen molar-refractivity contribution in [1.29, 1.82) is 0 Å². The zero-order valence-corrected chi connectivity index (χ0v) is 14.0. The Bertz CT molecular complexity index is 940. The summed E-state index contributed by atoms with van der Waals surface area (Å²) in [5.74, 6) is 1.64. The maximum Gasteiger partial charge on any atom is 0.266 e. The zero-order chi connectivity index (χ0) is 17.3. The van der Waals surface area contributed by atoms with Crippen LogP contribution in [-0.2, 0) is 10.0 Å². The second-order valence-electron chi connectivity index (χ2n) is 5.12. The molecule has 24 heavy (non-hydrogen) atoms. The van der Waals surface area contributed by atoms with Gasteiger partial charge in [0.15, 0.2) is 17.5 Å². The van der Waals surface area contributed by atoms with Crippen LogP contribution in [0.3, 0.4) is 0 Å². The number of rotatable bonds is 5. The molecular weight excluding hydrogens is 334 g/mol. The van der Waals surface area contributed by atoms with E-state index < -0.39 is 10.0 Å². The predicted octanol–water partition coefficient (Wildman–Crippen LogP) is 1.66. The van der Waals surface area contributed by atoms with Crippen LogP contribution in [-0.4, -0.2) is 34.0 Å². The third-order valence-corrected chi connectivity index (χ3v) is 4.73. The van der Waals surface area contributed by atoms with Gasteiger partial charge in [-0.1, -0.05) is 5.16 Å². The Morgan fingerprint density at radius 2 is 1.79 bits per heavy atom. The lowest BCUT2D eigenvalue weighted by molar-refractivity contribution is 0.400. The molecule has 126 valence electrons. The fourth-order valence-corrected chi connectivity index (χ4v) is 3.50. The van der Waals surface area contributed by atoms with E-state index in [1.165, 1.54) is 6.07 Å². The third kappa shape index (κ3) is 3.20. The number of aromatic amines is 1. The second-order valence-corrected chi connectivity index (χ2v) is 6.74. The van der Waals surface area contributed by atoms with E-state index in [1.54, 1.807) is 32.9 Å². The predicted molar refractivity (Wildman–Crippen MR) is 85.4 cm³/mol. The van der Waals surface area contributed by atoms with Crippen LogP contribution in [0, 0.1) is 20.8 Å². The van der Waals surface area contributed by atoms with Gasteiger partial charge in [-0.05, 0) is 32.9 Å². The molecule has 10 nitrogen and oxygen atoms in total.